The van der Waals surface area contributed by atoms with E-state index < -0.39 is 0 Å². The van der Waals surface area contributed by atoms with Gasteiger partial charge in [0.25, 0.3) is 5.91 Å². The van der Waals surface area contributed by atoms with E-state index in [9.17, 15) is 14.4 Å². The normalized spacial score (nSPS) is 16.2. The minimum absolute atomic E-state index is 0.00331. The minimum Gasteiger partial charge on any atom is -0.351 e. The number of aromatic nitrogens is 2. The molecule has 2 heterocycles. The maximum atomic E-state index is 13.8. The number of rotatable bonds is 9. The molecule has 3 aromatic rings. The fourth-order valence-electron chi connectivity index (χ4n) is 5.00. The van der Waals surface area contributed by atoms with Crippen LogP contribution in [0.4, 0.5) is 0 Å². The van der Waals surface area contributed by atoms with Crippen LogP contribution in [0.3, 0.4) is 0 Å². The highest BCUT2D eigenvalue weighted by Crippen LogP contribution is 2.31. The lowest BCUT2D eigenvalue weighted by Crippen LogP contribution is -2.34. The number of carbonyl (C=O) groups is 3. The summed E-state index contributed by atoms with van der Waals surface area (Å²) in [5, 5.41) is 2.88. The summed E-state index contributed by atoms with van der Waals surface area (Å²) in [6.07, 6.45) is 6.01. The zero-order valence-electron chi connectivity index (χ0n) is 22.4. The van der Waals surface area contributed by atoms with Crippen molar-refractivity contribution in [1.82, 2.24) is 20.2 Å². The molecule has 1 aliphatic heterocycles. The lowest BCUT2D eigenvalue weighted by atomic mass is 9.81. The van der Waals surface area contributed by atoms with Gasteiger partial charge in [-0.2, -0.15) is 0 Å². The molecule has 7 nitrogen and oxygen atoms in total. The van der Waals surface area contributed by atoms with Gasteiger partial charge >= 0.3 is 0 Å². The van der Waals surface area contributed by atoms with Crippen LogP contribution in [0.5, 0.6) is 0 Å². The first-order valence-corrected chi connectivity index (χ1v) is 13.2. The standard InChI is InChI=1S/C31H36N4O3/c1-31(2,3)25-11-9-23(10-12-25)29(37)26(13-15-34-30(38)27-20-32-16-17-33-27)24-14-18-35(21-24)28(36)19-22-7-5-4-6-8-22/h4-12,16-17,20,24,26H,13-15,18-19,21H2,1-3H3,(H,34,38). The number of benzene rings is 2. The van der Waals surface area contributed by atoms with Crippen LogP contribution in [0, 0.1) is 11.8 Å². The largest absolute Gasteiger partial charge is 0.351 e. The third kappa shape index (κ3) is 6.91. The molecule has 7 heteroatoms. The Bertz CT molecular complexity index is 1240. The Kier molecular flexibility index (Phi) is 8.66. The summed E-state index contributed by atoms with van der Waals surface area (Å²) in [6.45, 7) is 7.94. The molecule has 0 spiro atoms. The summed E-state index contributed by atoms with van der Waals surface area (Å²) >= 11 is 0. The first kappa shape index (κ1) is 27.2. The van der Waals surface area contributed by atoms with Crippen molar-refractivity contribution < 1.29 is 14.4 Å². The Balaban J connectivity index is 1.46. The van der Waals surface area contributed by atoms with Crippen LogP contribution in [0.25, 0.3) is 0 Å². The summed E-state index contributed by atoms with van der Waals surface area (Å²) in [7, 11) is 0. The van der Waals surface area contributed by atoms with Crippen LogP contribution in [0.1, 0.15) is 65.6 Å². The average Bonchev–Trinajstić information content (AvgIpc) is 3.41. The molecule has 0 saturated carbocycles. The zero-order valence-corrected chi connectivity index (χ0v) is 22.4. The first-order valence-electron chi connectivity index (χ1n) is 13.2. The van der Waals surface area contributed by atoms with Gasteiger partial charge in [-0.05, 0) is 35.3 Å². The Labute approximate surface area is 224 Å². The molecule has 2 unspecified atom stereocenters. The van der Waals surface area contributed by atoms with Crippen LogP contribution in [0.15, 0.2) is 73.2 Å². The molecule has 0 bridgehead atoms. The lowest BCUT2D eigenvalue weighted by Gasteiger charge is -2.24. The Morgan fingerprint density at radius 1 is 1.03 bits per heavy atom. The molecule has 2 amide bonds. The van der Waals surface area contributed by atoms with E-state index in [-0.39, 0.29) is 40.5 Å². The molecule has 1 fully saturated rings. The summed E-state index contributed by atoms with van der Waals surface area (Å²) < 4.78 is 0. The molecule has 1 saturated heterocycles. The topological polar surface area (TPSA) is 92.3 Å². The molecule has 0 aliphatic carbocycles. The fraction of sp³-hybridized carbons (Fsp3) is 0.387. The van der Waals surface area contributed by atoms with E-state index in [0.29, 0.717) is 38.0 Å². The third-order valence-electron chi connectivity index (χ3n) is 7.25. The molecule has 2 aromatic carbocycles. The Hall–Kier alpha value is -3.87. The maximum Gasteiger partial charge on any atom is 0.271 e. The highest BCUT2D eigenvalue weighted by atomic mass is 16.2. The molecule has 0 radical (unpaired) electrons. The van der Waals surface area contributed by atoms with E-state index in [4.69, 9.17) is 0 Å². The van der Waals surface area contributed by atoms with E-state index in [2.05, 4.69) is 36.1 Å². The molecule has 1 aromatic heterocycles. The average molecular weight is 513 g/mol. The predicted molar refractivity (Wildman–Crippen MR) is 147 cm³/mol. The lowest BCUT2D eigenvalue weighted by molar-refractivity contribution is -0.129. The molecule has 2 atom stereocenters. The molecular weight excluding hydrogens is 476 g/mol. The Morgan fingerprint density at radius 3 is 2.42 bits per heavy atom. The fourth-order valence-corrected chi connectivity index (χ4v) is 5.00. The first-order chi connectivity index (χ1) is 18.2. The van der Waals surface area contributed by atoms with Crippen LogP contribution < -0.4 is 5.32 Å². The predicted octanol–water partition coefficient (Wildman–Crippen LogP) is 4.48. The Morgan fingerprint density at radius 2 is 1.76 bits per heavy atom. The molecule has 38 heavy (non-hydrogen) atoms. The van der Waals surface area contributed by atoms with E-state index in [1.165, 1.54) is 24.2 Å². The van der Waals surface area contributed by atoms with Gasteiger partial charge in [0.15, 0.2) is 5.78 Å². The second-order valence-electron chi connectivity index (χ2n) is 11.0. The van der Waals surface area contributed by atoms with Crippen molar-refractivity contribution >= 4 is 17.6 Å². The quantitative estimate of drug-likeness (QED) is 0.427. The van der Waals surface area contributed by atoms with Gasteiger partial charge in [0.05, 0.1) is 12.6 Å². The van der Waals surface area contributed by atoms with Crippen LogP contribution in [-0.4, -0.2) is 52.1 Å². The number of ketones is 1. The van der Waals surface area contributed by atoms with Gasteiger partial charge in [-0.15, -0.1) is 0 Å². The van der Waals surface area contributed by atoms with Crippen molar-refractivity contribution in [2.45, 2.75) is 45.4 Å². The van der Waals surface area contributed by atoms with Crippen molar-refractivity contribution in [1.29, 1.82) is 0 Å². The van der Waals surface area contributed by atoms with Gasteiger partial charge < -0.3 is 10.2 Å². The summed E-state index contributed by atoms with van der Waals surface area (Å²) in [5.41, 5.74) is 3.06. The summed E-state index contributed by atoms with van der Waals surface area (Å²) in [6, 6.07) is 17.6. The molecular formula is C31H36N4O3. The number of amides is 2. The van der Waals surface area contributed by atoms with E-state index in [1.54, 1.807) is 0 Å². The highest BCUT2D eigenvalue weighted by molar-refractivity contribution is 5.98. The third-order valence-corrected chi connectivity index (χ3v) is 7.25. The number of hydrogen-bond donors (Lipinski definition) is 1. The summed E-state index contributed by atoms with van der Waals surface area (Å²) in [5.74, 6) is -0.466. The minimum atomic E-state index is -0.315. The van der Waals surface area contributed by atoms with E-state index in [0.717, 1.165) is 12.0 Å². The van der Waals surface area contributed by atoms with Crippen molar-refractivity contribution in [2.75, 3.05) is 19.6 Å². The van der Waals surface area contributed by atoms with Crippen molar-refractivity contribution in [3.8, 4) is 0 Å². The van der Waals surface area contributed by atoms with Crippen LogP contribution in [-0.2, 0) is 16.6 Å². The smallest absolute Gasteiger partial charge is 0.271 e. The number of likely N-dealkylation sites (tertiary alicyclic amines) is 1. The number of Topliss-reactive ketones (excluding diaryl/α,β-unsaturated/α-hetero) is 1. The molecule has 1 N–H and O–H groups in total. The number of carbonyl (C=O) groups excluding carboxylic acids is 3. The van der Waals surface area contributed by atoms with Gasteiger partial charge in [0, 0.05) is 43.5 Å². The second-order valence-corrected chi connectivity index (χ2v) is 11.0. The molecule has 198 valence electrons. The van der Waals surface area contributed by atoms with Gasteiger partial charge in [-0.3, -0.25) is 19.4 Å². The number of nitrogens with one attached hydrogen (secondary N) is 1. The zero-order chi connectivity index (χ0) is 27.1. The van der Waals surface area contributed by atoms with Gasteiger partial charge in [0.1, 0.15) is 5.69 Å². The molecule has 4 rings (SSSR count). The van der Waals surface area contributed by atoms with Gasteiger partial charge in [-0.1, -0.05) is 75.4 Å². The summed E-state index contributed by atoms with van der Waals surface area (Å²) in [4.78, 5) is 49.1. The van der Waals surface area contributed by atoms with E-state index >= 15 is 0 Å². The van der Waals surface area contributed by atoms with Crippen molar-refractivity contribution in [3.05, 3.63) is 95.6 Å². The van der Waals surface area contributed by atoms with Crippen molar-refractivity contribution in [2.24, 2.45) is 11.8 Å². The second kappa shape index (κ2) is 12.1. The number of hydrogen-bond acceptors (Lipinski definition) is 5. The SMILES string of the molecule is CC(C)(C)c1ccc(C(=O)C(CCNC(=O)c2cnccn2)C2CCN(C(=O)Cc3ccccc3)C2)cc1. The highest BCUT2D eigenvalue weighted by Gasteiger charge is 2.36. The van der Waals surface area contributed by atoms with Crippen LogP contribution in [0.2, 0.25) is 0 Å². The van der Waals surface area contributed by atoms with Gasteiger partial charge in [0.2, 0.25) is 5.91 Å². The van der Waals surface area contributed by atoms with Crippen molar-refractivity contribution in [3.63, 3.8) is 0 Å². The monoisotopic (exact) mass is 512 g/mol. The van der Waals surface area contributed by atoms with Crippen LogP contribution >= 0.6 is 0 Å². The number of nitrogens with zero attached hydrogens (tertiary/aromatic N) is 3. The maximum absolute atomic E-state index is 13.8. The van der Waals surface area contributed by atoms with E-state index in [1.807, 2.05) is 59.5 Å². The van der Waals surface area contributed by atoms with Gasteiger partial charge in [-0.25, -0.2) is 4.98 Å². The molecule has 1 aliphatic rings.